The monoisotopic (exact) mass is 278 g/mol. The largest absolute Gasteiger partial charge is 0.359 e. The Bertz CT molecular complexity index is 571. The van der Waals surface area contributed by atoms with Crippen LogP contribution in [-0.4, -0.2) is 28.5 Å². The molecule has 2 rings (SSSR count). The Morgan fingerprint density at radius 1 is 1.47 bits per heavy atom. The summed E-state index contributed by atoms with van der Waals surface area (Å²) in [6.45, 7) is 2.61. The number of pyridine rings is 1. The van der Waals surface area contributed by atoms with Crippen LogP contribution in [0.4, 0.5) is 11.5 Å². The van der Waals surface area contributed by atoms with Gasteiger partial charge in [0.05, 0.1) is 9.93 Å². The molecule has 7 heteroatoms. The molecule has 0 N–H and O–H groups in total. The molecule has 2 aromatic rings. The molecule has 0 atom stereocenters. The van der Waals surface area contributed by atoms with Gasteiger partial charge >= 0.3 is 0 Å². The van der Waals surface area contributed by atoms with Crippen molar-refractivity contribution in [2.24, 2.45) is 0 Å². The van der Waals surface area contributed by atoms with Gasteiger partial charge in [-0.3, -0.25) is 10.1 Å². The number of thiazole rings is 1. The second-order valence-corrected chi connectivity index (χ2v) is 5.17. The van der Waals surface area contributed by atoms with Gasteiger partial charge in [0.2, 0.25) is 0 Å². The van der Waals surface area contributed by atoms with Crippen LogP contribution in [0.2, 0.25) is 0 Å². The molecule has 0 unspecified atom stereocenters. The van der Waals surface area contributed by atoms with Gasteiger partial charge in [0.25, 0.3) is 5.69 Å². The van der Waals surface area contributed by atoms with Gasteiger partial charge in [-0.25, -0.2) is 9.97 Å². The number of nitro groups is 1. The van der Waals surface area contributed by atoms with Gasteiger partial charge in [0.15, 0.2) is 0 Å². The number of anilines is 1. The van der Waals surface area contributed by atoms with E-state index in [9.17, 15) is 10.1 Å². The van der Waals surface area contributed by atoms with Gasteiger partial charge in [-0.2, -0.15) is 0 Å². The van der Waals surface area contributed by atoms with E-state index in [4.69, 9.17) is 0 Å². The third-order valence-corrected chi connectivity index (χ3v) is 3.59. The lowest BCUT2D eigenvalue weighted by molar-refractivity contribution is -0.385. The van der Waals surface area contributed by atoms with E-state index in [-0.39, 0.29) is 5.69 Å². The zero-order valence-electron chi connectivity index (χ0n) is 10.7. The molecule has 0 aliphatic rings. The van der Waals surface area contributed by atoms with Crippen LogP contribution >= 0.6 is 11.3 Å². The van der Waals surface area contributed by atoms with Crippen LogP contribution in [0.5, 0.6) is 0 Å². The van der Waals surface area contributed by atoms with Crippen LogP contribution in [0.3, 0.4) is 0 Å². The van der Waals surface area contributed by atoms with Crippen LogP contribution < -0.4 is 4.90 Å². The number of rotatable bonds is 5. The van der Waals surface area contributed by atoms with E-state index in [1.165, 1.54) is 6.20 Å². The first-order valence-electron chi connectivity index (χ1n) is 5.78. The third kappa shape index (κ3) is 3.25. The van der Waals surface area contributed by atoms with Crippen LogP contribution in [0.15, 0.2) is 23.8 Å². The number of likely N-dealkylation sites (N-methyl/N-ethyl adjacent to an activating group) is 1. The molecule has 0 amide bonds. The molecule has 0 saturated heterocycles. The fourth-order valence-corrected chi connectivity index (χ4v) is 2.41. The lowest BCUT2D eigenvalue weighted by atomic mass is 10.2. The second kappa shape index (κ2) is 5.75. The lowest BCUT2D eigenvalue weighted by Gasteiger charge is -2.19. The topological polar surface area (TPSA) is 72.2 Å². The van der Waals surface area contributed by atoms with E-state index in [0.717, 1.165) is 29.4 Å². The van der Waals surface area contributed by atoms with Crippen LogP contribution in [0, 0.1) is 17.0 Å². The third-order valence-electron chi connectivity index (χ3n) is 2.75. The second-order valence-electron chi connectivity index (χ2n) is 4.19. The minimum absolute atomic E-state index is 0.0228. The molecular weight excluding hydrogens is 264 g/mol. The minimum atomic E-state index is -0.431. The molecule has 0 aliphatic carbocycles. The molecule has 0 fully saturated rings. The van der Waals surface area contributed by atoms with E-state index in [1.807, 2.05) is 24.3 Å². The molecule has 0 spiro atoms. The van der Waals surface area contributed by atoms with Gasteiger partial charge in [0.1, 0.15) is 12.0 Å². The lowest BCUT2D eigenvalue weighted by Crippen LogP contribution is -2.22. The van der Waals surface area contributed by atoms with Crippen molar-refractivity contribution >= 4 is 22.8 Å². The van der Waals surface area contributed by atoms with Crippen molar-refractivity contribution in [2.45, 2.75) is 13.3 Å². The summed E-state index contributed by atoms with van der Waals surface area (Å²) in [6, 6.07) is 1.54. The molecule has 6 nitrogen and oxygen atoms in total. The highest BCUT2D eigenvalue weighted by Crippen LogP contribution is 2.21. The van der Waals surface area contributed by atoms with Gasteiger partial charge < -0.3 is 4.90 Å². The van der Waals surface area contributed by atoms with Crippen LogP contribution in [-0.2, 0) is 6.42 Å². The zero-order valence-corrected chi connectivity index (χ0v) is 11.6. The maximum absolute atomic E-state index is 10.7. The predicted octanol–water partition coefficient (Wildman–Crippen LogP) is 2.43. The molecule has 0 saturated carbocycles. The highest BCUT2D eigenvalue weighted by molar-refractivity contribution is 7.09. The quantitative estimate of drug-likeness (QED) is 0.620. The van der Waals surface area contributed by atoms with Gasteiger partial charge in [-0.1, -0.05) is 0 Å². The van der Waals surface area contributed by atoms with Gasteiger partial charge in [0, 0.05) is 37.7 Å². The van der Waals surface area contributed by atoms with Crippen molar-refractivity contribution in [3.05, 3.63) is 44.5 Å². The maximum atomic E-state index is 10.7. The van der Waals surface area contributed by atoms with Crippen LogP contribution in [0.1, 0.15) is 10.6 Å². The number of aryl methyl sites for hydroxylation is 1. The minimum Gasteiger partial charge on any atom is -0.359 e. The first-order valence-corrected chi connectivity index (χ1v) is 6.66. The van der Waals surface area contributed by atoms with Gasteiger partial charge in [-0.05, 0) is 12.5 Å². The van der Waals surface area contributed by atoms with E-state index in [1.54, 1.807) is 23.6 Å². The molecule has 2 heterocycles. The van der Waals surface area contributed by atoms with E-state index < -0.39 is 4.92 Å². The standard InChI is InChI=1S/C12H14N4O2S/c1-9-7-10(16(17)18)8-14-12(9)15(2)5-3-11-13-4-6-19-11/h4,6-8H,3,5H2,1-2H3. The summed E-state index contributed by atoms with van der Waals surface area (Å²) in [5.41, 5.74) is 0.824. The summed E-state index contributed by atoms with van der Waals surface area (Å²) in [7, 11) is 1.93. The summed E-state index contributed by atoms with van der Waals surface area (Å²) in [5.74, 6) is 0.766. The molecule has 0 radical (unpaired) electrons. The average molecular weight is 278 g/mol. The summed E-state index contributed by atoms with van der Waals surface area (Å²) in [4.78, 5) is 20.6. The smallest absolute Gasteiger partial charge is 0.287 e. The van der Waals surface area contributed by atoms with Crippen molar-refractivity contribution in [1.29, 1.82) is 0 Å². The summed E-state index contributed by atoms with van der Waals surface area (Å²) in [5, 5.41) is 13.7. The number of aromatic nitrogens is 2. The first kappa shape index (κ1) is 13.4. The Balaban J connectivity index is 2.06. The summed E-state index contributed by atoms with van der Waals surface area (Å²) in [6.07, 6.45) is 3.92. The van der Waals surface area contributed by atoms with Crippen molar-refractivity contribution in [3.63, 3.8) is 0 Å². The maximum Gasteiger partial charge on any atom is 0.287 e. The zero-order chi connectivity index (χ0) is 13.8. The molecule has 100 valence electrons. The van der Waals surface area contributed by atoms with Gasteiger partial charge in [-0.15, -0.1) is 11.3 Å². The Kier molecular flexibility index (Phi) is 4.06. The van der Waals surface area contributed by atoms with Crippen molar-refractivity contribution < 1.29 is 4.92 Å². The fourth-order valence-electron chi connectivity index (χ4n) is 1.80. The number of hydrogen-bond donors (Lipinski definition) is 0. The highest BCUT2D eigenvalue weighted by Gasteiger charge is 2.12. The highest BCUT2D eigenvalue weighted by atomic mass is 32.1. The first-order chi connectivity index (χ1) is 9.08. The SMILES string of the molecule is Cc1cc([N+](=O)[O-])cnc1N(C)CCc1nccs1. The Morgan fingerprint density at radius 3 is 2.84 bits per heavy atom. The summed E-state index contributed by atoms with van der Waals surface area (Å²) < 4.78 is 0. The molecule has 19 heavy (non-hydrogen) atoms. The van der Waals surface area contributed by atoms with E-state index >= 15 is 0 Å². The predicted molar refractivity (Wildman–Crippen MR) is 74.7 cm³/mol. The van der Waals surface area contributed by atoms with Crippen LogP contribution in [0.25, 0.3) is 0 Å². The Labute approximate surface area is 114 Å². The molecule has 0 aliphatic heterocycles. The molecule has 2 aromatic heterocycles. The fraction of sp³-hybridized carbons (Fsp3) is 0.333. The van der Waals surface area contributed by atoms with E-state index in [0.29, 0.717) is 0 Å². The van der Waals surface area contributed by atoms with E-state index in [2.05, 4.69) is 9.97 Å². The summed E-state index contributed by atoms with van der Waals surface area (Å²) >= 11 is 1.62. The molecule has 0 bridgehead atoms. The number of nitrogens with zero attached hydrogens (tertiary/aromatic N) is 4. The molecule has 0 aromatic carbocycles. The van der Waals surface area contributed by atoms with Crippen molar-refractivity contribution in [3.8, 4) is 0 Å². The normalized spacial score (nSPS) is 10.4. The Morgan fingerprint density at radius 2 is 2.26 bits per heavy atom. The van der Waals surface area contributed by atoms with Crippen molar-refractivity contribution in [2.75, 3.05) is 18.5 Å². The average Bonchev–Trinajstić information content (AvgIpc) is 2.88. The molecular formula is C12H14N4O2S. The Hall–Kier alpha value is -2.02. The number of hydrogen-bond acceptors (Lipinski definition) is 6. The van der Waals surface area contributed by atoms with Crippen molar-refractivity contribution in [1.82, 2.24) is 9.97 Å².